The molecule has 4 heterocycles. The molecule has 0 aliphatic carbocycles. The van der Waals surface area contributed by atoms with Crippen LogP contribution in [0.15, 0.2) is 48.0 Å². The average Bonchev–Trinajstić information content (AvgIpc) is 3.14. The van der Waals surface area contributed by atoms with Crippen LogP contribution < -0.4 is 10.2 Å². The smallest absolute Gasteiger partial charge is 0.236 e. The first-order valence-electron chi connectivity index (χ1n) is 7.72. The Hall–Kier alpha value is -2.72. The van der Waals surface area contributed by atoms with Crippen molar-refractivity contribution >= 4 is 48.6 Å². The van der Waals surface area contributed by atoms with E-state index in [4.69, 9.17) is 0 Å². The predicted molar refractivity (Wildman–Crippen MR) is 101 cm³/mol. The Labute approximate surface area is 154 Å². The summed E-state index contributed by atoms with van der Waals surface area (Å²) in [6.07, 6.45) is 8.10. The van der Waals surface area contributed by atoms with Crippen LogP contribution in [0.5, 0.6) is 0 Å². The maximum absolute atomic E-state index is 12.0. The Morgan fingerprint density at radius 1 is 1.31 bits per heavy atom. The zero-order valence-electron chi connectivity index (χ0n) is 14.0. The molecule has 0 spiro atoms. The maximum atomic E-state index is 12.0. The summed E-state index contributed by atoms with van der Waals surface area (Å²) < 4.78 is 25.2. The Kier molecular flexibility index (Phi) is 3.81. The fourth-order valence-corrected chi connectivity index (χ4v) is 4.49. The molecule has 1 N–H and O–H groups in total. The second kappa shape index (κ2) is 5.92. The summed E-state index contributed by atoms with van der Waals surface area (Å²) >= 11 is 1.29. The van der Waals surface area contributed by atoms with Gasteiger partial charge < -0.3 is 10.2 Å². The van der Waals surface area contributed by atoms with Gasteiger partial charge in [0.05, 0.1) is 18.5 Å². The van der Waals surface area contributed by atoms with E-state index in [1.165, 1.54) is 35.0 Å². The number of thiazole rings is 1. The van der Waals surface area contributed by atoms with Crippen molar-refractivity contribution in [2.24, 2.45) is 0 Å². The number of hydrogen-bond acceptors (Lipinski definition) is 7. The van der Waals surface area contributed by atoms with Gasteiger partial charge in [-0.1, -0.05) is 17.4 Å². The molecule has 4 rings (SSSR count). The number of carbonyl (C=O) groups excluding carboxylic acids is 1. The number of carbonyl (C=O) groups is 1. The van der Waals surface area contributed by atoms with E-state index in [0.717, 1.165) is 5.57 Å². The minimum absolute atomic E-state index is 0.182. The van der Waals surface area contributed by atoms with Gasteiger partial charge in [-0.05, 0) is 23.8 Å². The molecule has 1 amide bonds. The van der Waals surface area contributed by atoms with Crippen LogP contribution in [-0.2, 0) is 14.8 Å². The number of hydrogen-bond donors (Lipinski definition) is 1. The third-order valence-corrected chi connectivity index (χ3v) is 5.79. The number of fused-ring (bicyclic) bond motifs is 2. The van der Waals surface area contributed by atoms with Crippen molar-refractivity contribution < 1.29 is 13.2 Å². The van der Waals surface area contributed by atoms with Crippen molar-refractivity contribution in [2.45, 2.75) is 6.92 Å². The van der Waals surface area contributed by atoms with E-state index in [2.05, 4.69) is 15.3 Å². The van der Waals surface area contributed by atoms with E-state index in [9.17, 15) is 13.2 Å². The van der Waals surface area contributed by atoms with Crippen LogP contribution in [0.2, 0.25) is 0 Å². The number of sulfonamides is 1. The highest BCUT2D eigenvalue weighted by Crippen LogP contribution is 2.33. The standard InChI is InChI=1S/C16H15N5O3S2/c1-10(22)17-16-18-12-5-6-14(19-15(12)25-16)20-8-11-4-3-7-21(13(11)9-20)26(2,23)24/h3-7,9H,8H2,1-2H3,(H,17,18,22). The summed E-state index contributed by atoms with van der Waals surface area (Å²) in [5.41, 5.74) is 2.23. The molecule has 0 saturated carbocycles. The van der Waals surface area contributed by atoms with Gasteiger partial charge in [-0.25, -0.2) is 22.7 Å². The van der Waals surface area contributed by atoms with Crippen molar-refractivity contribution in [1.29, 1.82) is 0 Å². The van der Waals surface area contributed by atoms with Crippen LogP contribution in [-0.4, -0.2) is 41.4 Å². The highest BCUT2D eigenvalue weighted by atomic mass is 32.2. The number of allylic oxidation sites excluding steroid dienone is 2. The van der Waals surface area contributed by atoms with Gasteiger partial charge in [-0.15, -0.1) is 0 Å². The SMILES string of the molecule is CC(=O)Nc1nc2ccc(N3C=C4C(=CC=CN4S(C)(=O)=O)C3)nc2s1. The number of amides is 1. The molecule has 2 aliphatic rings. The summed E-state index contributed by atoms with van der Waals surface area (Å²) in [5, 5.41) is 3.16. The molecular formula is C16H15N5O3S2. The molecule has 0 radical (unpaired) electrons. The van der Waals surface area contributed by atoms with Crippen LogP contribution in [0.1, 0.15) is 6.92 Å². The molecule has 0 bridgehead atoms. The Balaban J connectivity index is 1.68. The number of aromatic nitrogens is 2. The topological polar surface area (TPSA) is 95.5 Å². The summed E-state index contributed by atoms with van der Waals surface area (Å²) in [6, 6.07) is 3.66. The molecular weight excluding hydrogens is 374 g/mol. The Morgan fingerprint density at radius 2 is 2.12 bits per heavy atom. The average molecular weight is 389 g/mol. The van der Waals surface area contributed by atoms with Crippen LogP contribution >= 0.6 is 11.3 Å². The van der Waals surface area contributed by atoms with Gasteiger partial charge in [0.2, 0.25) is 15.9 Å². The lowest BCUT2D eigenvalue weighted by atomic mass is 10.2. The van der Waals surface area contributed by atoms with Crippen LogP contribution in [0.3, 0.4) is 0 Å². The molecule has 2 aliphatic heterocycles. The third kappa shape index (κ3) is 2.97. The number of rotatable bonds is 3. The lowest BCUT2D eigenvalue weighted by Gasteiger charge is -2.21. The van der Waals surface area contributed by atoms with Gasteiger partial charge in [0.15, 0.2) is 5.13 Å². The molecule has 0 fully saturated rings. The molecule has 0 aromatic carbocycles. The zero-order chi connectivity index (χ0) is 18.5. The molecule has 2 aromatic heterocycles. The van der Waals surface area contributed by atoms with Crippen molar-refractivity contribution in [3.05, 3.63) is 48.0 Å². The summed E-state index contributed by atoms with van der Waals surface area (Å²) in [7, 11) is -3.39. The summed E-state index contributed by atoms with van der Waals surface area (Å²) in [6.45, 7) is 1.96. The number of nitrogens with zero attached hydrogens (tertiary/aromatic N) is 4. The second-order valence-electron chi connectivity index (χ2n) is 5.93. The minimum atomic E-state index is -3.39. The van der Waals surface area contributed by atoms with Gasteiger partial charge in [0, 0.05) is 19.3 Å². The Bertz CT molecular complexity index is 1110. The lowest BCUT2D eigenvalue weighted by molar-refractivity contribution is -0.114. The highest BCUT2D eigenvalue weighted by Gasteiger charge is 2.29. The van der Waals surface area contributed by atoms with E-state index in [1.807, 2.05) is 23.1 Å². The van der Waals surface area contributed by atoms with E-state index < -0.39 is 10.0 Å². The van der Waals surface area contributed by atoms with E-state index in [-0.39, 0.29) is 5.91 Å². The molecule has 0 saturated heterocycles. The third-order valence-electron chi connectivity index (χ3n) is 3.88. The van der Waals surface area contributed by atoms with Crippen LogP contribution in [0.25, 0.3) is 10.3 Å². The quantitative estimate of drug-likeness (QED) is 0.863. The number of anilines is 2. The first kappa shape index (κ1) is 16.7. The van der Waals surface area contributed by atoms with Crippen molar-refractivity contribution in [3.63, 3.8) is 0 Å². The fraction of sp³-hybridized carbons (Fsp3) is 0.188. The van der Waals surface area contributed by atoms with Crippen LogP contribution in [0, 0.1) is 0 Å². The van der Waals surface area contributed by atoms with Gasteiger partial charge in [0.25, 0.3) is 0 Å². The van der Waals surface area contributed by atoms with Crippen molar-refractivity contribution in [1.82, 2.24) is 14.3 Å². The normalized spacial score (nSPS) is 16.5. The van der Waals surface area contributed by atoms with Gasteiger partial charge in [-0.2, -0.15) is 0 Å². The maximum Gasteiger partial charge on any atom is 0.236 e. The van der Waals surface area contributed by atoms with Gasteiger partial charge in [-0.3, -0.25) is 4.79 Å². The molecule has 10 heteroatoms. The number of nitrogens with one attached hydrogen (secondary N) is 1. The highest BCUT2D eigenvalue weighted by molar-refractivity contribution is 7.88. The lowest BCUT2D eigenvalue weighted by Crippen LogP contribution is -2.25. The van der Waals surface area contributed by atoms with E-state index >= 15 is 0 Å². The Morgan fingerprint density at radius 3 is 2.85 bits per heavy atom. The van der Waals surface area contributed by atoms with Crippen molar-refractivity contribution in [3.8, 4) is 0 Å². The second-order valence-corrected chi connectivity index (χ2v) is 8.77. The first-order valence-corrected chi connectivity index (χ1v) is 10.4. The largest absolute Gasteiger partial charge is 0.326 e. The van der Waals surface area contributed by atoms with E-state index in [0.29, 0.717) is 33.5 Å². The molecule has 2 aromatic rings. The zero-order valence-corrected chi connectivity index (χ0v) is 15.6. The molecule has 8 nitrogen and oxygen atoms in total. The fourth-order valence-electron chi connectivity index (χ4n) is 2.80. The summed E-state index contributed by atoms with van der Waals surface area (Å²) in [4.78, 5) is 22.7. The molecule has 0 unspecified atom stereocenters. The first-order chi connectivity index (χ1) is 12.3. The monoisotopic (exact) mass is 389 g/mol. The van der Waals surface area contributed by atoms with Crippen molar-refractivity contribution in [2.75, 3.05) is 23.0 Å². The minimum Gasteiger partial charge on any atom is -0.326 e. The van der Waals surface area contributed by atoms with Gasteiger partial charge in [0.1, 0.15) is 16.2 Å². The molecule has 134 valence electrons. The summed E-state index contributed by atoms with van der Waals surface area (Å²) in [5.74, 6) is 0.504. The molecule has 0 atom stereocenters. The number of pyridine rings is 1. The van der Waals surface area contributed by atoms with Gasteiger partial charge >= 0.3 is 0 Å². The predicted octanol–water partition coefficient (Wildman–Crippen LogP) is 2.03. The molecule has 26 heavy (non-hydrogen) atoms. The van der Waals surface area contributed by atoms with E-state index in [1.54, 1.807) is 12.3 Å². The van der Waals surface area contributed by atoms with Crippen LogP contribution in [0.4, 0.5) is 10.9 Å².